The van der Waals surface area contributed by atoms with Gasteiger partial charge in [-0.15, -0.1) is 13.2 Å². The second kappa shape index (κ2) is 4.55. The highest BCUT2D eigenvalue weighted by Crippen LogP contribution is 2.19. The van der Waals surface area contributed by atoms with Crippen molar-refractivity contribution in [2.45, 2.75) is 5.92 Å². The van der Waals surface area contributed by atoms with Gasteiger partial charge in [-0.1, -0.05) is 42.5 Å². The van der Waals surface area contributed by atoms with Gasteiger partial charge in [-0.2, -0.15) is 0 Å². The first-order valence-corrected chi connectivity index (χ1v) is 4.02. The Hall–Kier alpha value is -1.30. The zero-order valence-electron chi connectivity index (χ0n) is 7.11. The summed E-state index contributed by atoms with van der Waals surface area (Å²) in [6.45, 7) is 7.45. The van der Waals surface area contributed by atoms with Gasteiger partial charge in [-0.3, -0.25) is 0 Å². The first-order chi connectivity index (χ1) is 5.88. The third-order valence-corrected chi connectivity index (χ3v) is 1.78. The second-order valence-electron chi connectivity index (χ2n) is 2.60. The molecular formula is C12H13. The highest BCUT2D eigenvalue weighted by molar-refractivity contribution is 5.28. The van der Waals surface area contributed by atoms with Crippen LogP contribution in [0.25, 0.3) is 0 Å². The van der Waals surface area contributed by atoms with Gasteiger partial charge in [0.25, 0.3) is 0 Å². The largest absolute Gasteiger partial charge is 0.103 e. The molecule has 1 radical (unpaired) electrons. The van der Waals surface area contributed by atoms with Gasteiger partial charge in [-0.25, -0.2) is 0 Å². The lowest BCUT2D eigenvalue weighted by Crippen LogP contribution is -1.92. The molecule has 61 valence electrons. The van der Waals surface area contributed by atoms with Gasteiger partial charge in [0.05, 0.1) is 0 Å². The number of hydrogen-bond donors (Lipinski definition) is 0. The Balaban J connectivity index is 2.79. The van der Waals surface area contributed by atoms with Crippen molar-refractivity contribution in [3.05, 3.63) is 67.6 Å². The Bertz CT molecular complexity index is 246. The number of benzene rings is 1. The zero-order chi connectivity index (χ0) is 8.81. The first kappa shape index (κ1) is 8.79. The smallest absolute Gasteiger partial charge is 0.00840 e. The molecule has 0 heterocycles. The minimum atomic E-state index is 0.295. The standard InChI is InChI=1S/C12H13/c1-3-8-11(4-2)12-9-6-5-7-10-12/h3-11H,1-2H2. The minimum Gasteiger partial charge on any atom is -0.103 e. The molecule has 0 aliphatic carbocycles. The molecule has 0 aliphatic heterocycles. The van der Waals surface area contributed by atoms with Crippen LogP contribution in [0.1, 0.15) is 11.5 Å². The molecule has 0 saturated heterocycles. The molecule has 0 aliphatic rings. The molecule has 1 aromatic rings. The Kier molecular flexibility index (Phi) is 3.34. The molecule has 0 fully saturated rings. The van der Waals surface area contributed by atoms with Crippen LogP contribution < -0.4 is 0 Å². The normalized spacial score (nSPS) is 12.0. The Morgan fingerprint density at radius 3 is 2.25 bits per heavy atom. The fraction of sp³-hybridized carbons (Fsp3) is 0.0833. The van der Waals surface area contributed by atoms with Crippen LogP contribution in [0, 0.1) is 6.42 Å². The molecule has 1 aromatic carbocycles. The lowest BCUT2D eigenvalue weighted by Gasteiger charge is -2.08. The van der Waals surface area contributed by atoms with Crippen LogP contribution in [-0.4, -0.2) is 0 Å². The zero-order valence-corrected chi connectivity index (χ0v) is 7.11. The fourth-order valence-electron chi connectivity index (χ4n) is 1.15. The highest BCUT2D eigenvalue weighted by Gasteiger charge is 2.03. The van der Waals surface area contributed by atoms with Gasteiger partial charge in [0.2, 0.25) is 0 Å². The van der Waals surface area contributed by atoms with Crippen molar-refractivity contribution >= 4 is 0 Å². The van der Waals surface area contributed by atoms with Gasteiger partial charge in [0.1, 0.15) is 0 Å². The van der Waals surface area contributed by atoms with Gasteiger partial charge >= 0.3 is 0 Å². The van der Waals surface area contributed by atoms with E-state index in [4.69, 9.17) is 0 Å². The average Bonchev–Trinajstić information content (AvgIpc) is 2.15. The molecule has 0 spiro atoms. The van der Waals surface area contributed by atoms with E-state index < -0.39 is 0 Å². The highest BCUT2D eigenvalue weighted by atomic mass is 14.1. The lowest BCUT2D eigenvalue weighted by molar-refractivity contribution is 1.03. The Morgan fingerprint density at radius 2 is 1.75 bits per heavy atom. The summed E-state index contributed by atoms with van der Waals surface area (Å²) < 4.78 is 0. The van der Waals surface area contributed by atoms with Gasteiger partial charge in [-0.05, 0) is 12.0 Å². The summed E-state index contributed by atoms with van der Waals surface area (Å²) in [4.78, 5) is 0. The fourth-order valence-corrected chi connectivity index (χ4v) is 1.15. The summed E-state index contributed by atoms with van der Waals surface area (Å²) >= 11 is 0. The molecular weight excluding hydrogens is 144 g/mol. The van der Waals surface area contributed by atoms with E-state index in [2.05, 4.69) is 25.3 Å². The van der Waals surface area contributed by atoms with Crippen molar-refractivity contribution in [2.75, 3.05) is 0 Å². The Morgan fingerprint density at radius 1 is 1.08 bits per heavy atom. The summed E-state index contributed by atoms with van der Waals surface area (Å²) in [6.07, 6.45) is 5.75. The molecule has 0 nitrogen and oxygen atoms in total. The van der Waals surface area contributed by atoms with E-state index in [0.717, 1.165) is 0 Å². The summed E-state index contributed by atoms with van der Waals surface area (Å²) in [5, 5.41) is 0. The molecule has 12 heavy (non-hydrogen) atoms. The third kappa shape index (κ3) is 2.09. The van der Waals surface area contributed by atoms with Gasteiger partial charge in [0.15, 0.2) is 0 Å². The maximum absolute atomic E-state index is 3.78. The van der Waals surface area contributed by atoms with E-state index in [9.17, 15) is 0 Å². The topological polar surface area (TPSA) is 0 Å². The number of allylic oxidation sites excluding steroid dienone is 2. The van der Waals surface area contributed by atoms with Crippen molar-refractivity contribution in [1.82, 2.24) is 0 Å². The third-order valence-electron chi connectivity index (χ3n) is 1.78. The molecule has 0 bridgehead atoms. The maximum Gasteiger partial charge on any atom is 0.00840 e. The molecule has 0 heteroatoms. The summed E-state index contributed by atoms with van der Waals surface area (Å²) in [5.74, 6) is 0.295. The average molecular weight is 157 g/mol. The van der Waals surface area contributed by atoms with Crippen LogP contribution in [0.4, 0.5) is 0 Å². The van der Waals surface area contributed by atoms with E-state index in [0.29, 0.717) is 5.92 Å². The molecule has 0 saturated carbocycles. The van der Waals surface area contributed by atoms with Crippen molar-refractivity contribution in [3.8, 4) is 0 Å². The van der Waals surface area contributed by atoms with Crippen LogP contribution in [0.5, 0.6) is 0 Å². The monoisotopic (exact) mass is 157 g/mol. The second-order valence-corrected chi connectivity index (χ2v) is 2.60. The van der Waals surface area contributed by atoms with Gasteiger partial charge < -0.3 is 0 Å². The van der Waals surface area contributed by atoms with E-state index in [1.165, 1.54) is 5.56 Å². The van der Waals surface area contributed by atoms with Crippen molar-refractivity contribution < 1.29 is 0 Å². The summed E-state index contributed by atoms with van der Waals surface area (Å²) in [5.41, 5.74) is 1.26. The number of hydrogen-bond acceptors (Lipinski definition) is 0. The predicted octanol–water partition coefficient (Wildman–Crippen LogP) is 3.35. The van der Waals surface area contributed by atoms with Gasteiger partial charge in [0, 0.05) is 5.92 Å². The molecule has 0 aromatic heterocycles. The van der Waals surface area contributed by atoms with Crippen LogP contribution in [0.3, 0.4) is 0 Å². The van der Waals surface area contributed by atoms with Crippen molar-refractivity contribution in [2.24, 2.45) is 0 Å². The van der Waals surface area contributed by atoms with Crippen molar-refractivity contribution in [1.29, 1.82) is 0 Å². The molecule has 0 N–H and O–H groups in total. The molecule has 1 rings (SSSR count). The maximum atomic E-state index is 3.78. The molecule has 0 amide bonds. The Labute approximate surface area is 74.2 Å². The summed E-state index contributed by atoms with van der Waals surface area (Å²) in [6, 6.07) is 10.3. The molecule has 1 unspecified atom stereocenters. The first-order valence-electron chi connectivity index (χ1n) is 4.02. The van der Waals surface area contributed by atoms with E-state index in [1.54, 1.807) is 6.08 Å². The predicted molar refractivity (Wildman–Crippen MR) is 53.9 cm³/mol. The van der Waals surface area contributed by atoms with Crippen LogP contribution >= 0.6 is 0 Å². The van der Waals surface area contributed by atoms with E-state index >= 15 is 0 Å². The van der Waals surface area contributed by atoms with Crippen LogP contribution in [0.2, 0.25) is 0 Å². The van der Waals surface area contributed by atoms with Crippen molar-refractivity contribution in [3.63, 3.8) is 0 Å². The number of rotatable bonds is 4. The molecule has 1 atom stereocenters. The lowest BCUT2D eigenvalue weighted by atomic mass is 9.96. The van der Waals surface area contributed by atoms with Crippen LogP contribution in [-0.2, 0) is 0 Å². The summed E-state index contributed by atoms with van der Waals surface area (Å²) in [7, 11) is 0. The van der Waals surface area contributed by atoms with E-state index in [1.807, 2.05) is 30.7 Å². The van der Waals surface area contributed by atoms with E-state index in [-0.39, 0.29) is 0 Å². The SMILES string of the molecule is C=C[CH]C(C=C)c1ccccc1. The van der Waals surface area contributed by atoms with Crippen LogP contribution in [0.15, 0.2) is 55.6 Å². The minimum absolute atomic E-state index is 0.295. The quantitative estimate of drug-likeness (QED) is 0.588.